The maximum atomic E-state index is 12.0. The van der Waals surface area contributed by atoms with Crippen LogP contribution in [0.15, 0.2) is 29.2 Å². The van der Waals surface area contributed by atoms with Gasteiger partial charge in [0.2, 0.25) is 5.91 Å². The highest BCUT2D eigenvalue weighted by Crippen LogP contribution is 2.19. The predicted molar refractivity (Wildman–Crippen MR) is 86.4 cm³/mol. The third-order valence-corrected chi connectivity index (χ3v) is 5.86. The number of hydrogen-bond donors (Lipinski definition) is 2. The summed E-state index contributed by atoms with van der Waals surface area (Å²) in [7, 11) is -3.24. The van der Waals surface area contributed by atoms with E-state index in [2.05, 4.69) is 5.32 Å². The van der Waals surface area contributed by atoms with Crippen LogP contribution < -0.4 is 5.32 Å². The van der Waals surface area contributed by atoms with Gasteiger partial charge in [-0.3, -0.25) is 4.79 Å². The fraction of sp³-hybridized carbons (Fsp3) is 0.500. The lowest BCUT2D eigenvalue weighted by Gasteiger charge is -2.23. The monoisotopic (exact) mass is 355 g/mol. The number of amides is 1. The van der Waals surface area contributed by atoms with Crippen molar-refractivity contribution < 1.29 is 27.9 Å². The van der Waals surface area contributed by atoms with Gasteiger partial charge >= 0.3 is 5.97 Å². The van der Waals surface area contributed by atoms with E-state index >= 15 is 0 Å². The molecule has 7 nitrogen and oxygen atoms in total. The van der Waals surface area contributed by atoms with E-state index in [0.717, 1.165) is 5.56 Å². The third-order valence-electron chi connectivity index (χ3n) is 4.11. The molecular formula is C16H21NO6S. The second kappa shape index (κ2) is 7.31. The molecule has 0 radical (unpaired) electrons. The zero-order valence-electron chi connectivity index (χ0n) is 13.4. The Hall–Kier alpha value is -1.93. The zero-order chi connectivity index (χ0) is 17.8. The number of hydrogen-bond acceptors (Lipinski definition) is 5. The van der Waals surface area contributed by atoms with Crippen LogP contribution in [0.25, 0.3) is 0 Å². The minimum atomic E-state index is -3.24. The number of aryl methyl sites for hydroxylation is 1. The number of sulfone groups is 1. The summed E-state index contributed by atoms with van der Waals surface area (Å²) < 4.78 is 28.6. The van der Waals surface area contributed by atoms with Gasteiger partial charge in [-0.1, -0.05) is 19.1 Å². The Morgan fingerprint density at radius 1 is 1.29 bits per heavy atom. The van der Waals surface area contributed by atoms with E-state index in [0.29, 0.717) is 13.0 Å². The van der Waals surface area contributed by atoms with Crippen molar-refractivity contribution in [1.29, 1.82) is 0 Å². The van der Waals surface area contributed by atoms with Crippen LogP contribution in [0.2, 0.25) is 0 Å². The second-order valence-electron chi connectivity index (χ2n) is 5.79. The van der Waals surface area contributed by atoms with Crippen LogP contribution in [0.3, 0.4) is 0 Å². The van der Waals surface area contributed by atoms with Crippen LogP contribution in [0.4, 0.5) is 0 Å². The molecule has 1 fully saturated rings. The lowest BCUT2D eigenvalue weighted by molar-refractivity contribution is -0.147. The Balaban J connectivity index is 1.93. The number of carbonyl (C=O) groups excluding carboxylic acids is 1. The smallest absolute Gasteiger partial charge is 0.331 e. The van der Waals surface area contributed by atoms with Gasteiger partial charge in [-0.15, -0.1) is 0 Å². The van der Waals surface area contributed by atoms with E-state index in [4.69, 9.17) is 4.74 Å². The molecule has 1 aliphatic rings. The van der Waals surface area contributed by atoms with Crippen LogP contribution in [0.5, 0.6) is 0 Å². The van der Waals surface area contributed by atoms with Gasteiger partial charge in [0.1, 0.15) is 0 Å². The molecule has 1 aromatic rings. The lowest BCUT2D eigenvalue weighted by atomic mass is 9.98. The van der Waals surface area contributed by atoms with Gasteiger partial charge < -0.3 is 15.2 Å². The van der Waals surface area contributed by atoms with Gasteiger partial charge in [-0.25, -0.2) is 13.2 Å². The number of carbonyl (C=O) groups is 2. The normalized spacial score (nSPS) is 20.7. The van der Waals surface area contributed by atoms with Crippen LogP contribution in [0.1, 0.15) is 25.3 Å². The fourth-order valence-electron chi connectivity index (χ4n) is 2.50. The van der Waals surface area contributed by atoms with Crippen molar-refractivity contribution in [3.8, 4) is 0 Å². The molecule has 1 aliphatic heterocycles. The van der Waals surface area contributed by atoms with Gasteiger partial charge in [0, 0.05) is 19.4 Å². The topological polar surface area (TPSA) is 110 Å². The largest absolute Gasteiger partial charge is 0.479 e. The molecule has 24 heavy (non-hydrogen) atoms. The van der Waals surface area contributed by atoms with Crippen molar-refractivity contribution in [2.45, 2.75) is 36.6 Å². The Labute approximate surface area is 140 Å². The van der Waals surface area contributed by atoms with E-state index < -0.39 is 21.3 Å². The number of nitrogens with one attached hydrogen (secondary N) is 1. The average molecular weight is 355 g/mol. The number of ether oxygens (including phenoxy) is 1. The third kappa shape index (κ3) is 4.12. The first kappa shape index (κ1) is 18.4. The summed E-state index contributed by atoms with van der Waals surface area (Å²) >= 11 is 0. The number of rotatable bonds is 7. The van der Waals surface area contributed by atoms with Crippen molar-refractivity contribution in [3.63, 3.8) is 0 Å². The summed E-state index contributed by atoms with van der Waals surface area (Å²) in [6.45, 7) is 1.86. The highest BCUT2D eigenvalue weighted by molar-refractivity contribution is 7.91. The van der Waals surface area contributed by atoms with Gasteiger partial charge in [0.25, 0.3) is 0 Å². The number of benzene rings is 1. The highest BCUT2D eigenvalue weighted by Gasteiger charge is 2.43. The molecule has 2 rings (SSSR count). The van der Waals surface area contributed by atoms with Crippen LogP contribution in [-0.2, 0) is 30.6 Å². The van der Waals surface area contributed by atoms with Gasteiger partial charge in [0.15, 0.2) is 15.4 Å². The summed E-state index contributed by atoms with van der Waals surface area (Å²) in [5.74, 6) is -1.43. The molecule has 0 aromatic heterocycles. The highest BCUT2D eigenvalue weighted by atomic mass is 32.2. The van der Waals surface area contributed by atoms with E-state index in [-0.39, 0.29) is 36.0 Å². The molecule has 1 amide bonds. The first-order chi connectivity index (χ1) is 11.3. The Kier molecular flexibility index (Phi) is 5.61. The first-order valence-electron chi connectivity index (χ1n) is 7.73. The van der Waals surface area contributed by atoms with Crippen molar-refractivity contribution in [1.82, 2.24) is 5.32 Å². The van der Waals surface area contributed by atoms with E-state index in [1.54, 1.807) is 19.1 Å². The fourth-order valence-corrected chi connectivity index (χ4v) is 3.39. The van der Waals surface area contributed by atoms with Crippen molar-refractivity contribution in [2.75, 3.05) is 19.0 Å². The number of aliphatic carboxylic acids is 1. The minimum absolute atomic E-state index is 0.0301. The van der Waals surface area contributed by atoms with Crippen molar-refractivity contribution in [3.05, 3.63) is 29.8 Å². The Morgan fingerprint density at radius 2 is 1.96 bits per heavy atom. The second-order valence-corrected chi connectivity index (χ2v) is 8.06. The maximum absolute atomic E-state index is 12.0. The molecular weight excluding hydrogens is 334 g/mol. The molecule has 0 aliphatic carbocycles. The Bertz CT molecular complexity index is 705. The molecule has 0 saturated carbocycles. The number of carboxylic acid groups (broad SMARTS) is 1. The predicted octanol–water partition coefficient (Wildman–Crippen LogP) is 0.773. The van der Waals surface area contributed by atoms with Crippen LogP contribution in [0, 0.1) is 0 Å². The first-order valence-corrected chi connectivity index (χ1v) is 9.38. The van der Waals surface area contributed by atoms with Crippen LogP contribution in [-0.4, -0.2) is 49.9 Å². The summed E-state index contributed by atoms with van der Waals surface area (Å²) in [4.78, 5) is 23.6. The molecule has 1 heterocycles. The quantitative estimate of drug-likeness (QED) is 0.748. The van der Waals surface area contributed by atoms with Crippen molar-refractivity contribution >= 4 is 21.7 Å². The van der Waals surface area contributed by atoms with Gasteiger partial charge in [-0.2, -0.15) is 0 Å². The molecule has 1 saturated heterocycles. The van der Waals surface area contributed by atoms with E-state index in [1.807, 2.05) is 0 Å². The van der Waals surface area contributed by atoms with Gasteiger partial charge in [-0.05, 0) is 24.1 Å². The molecule has 1 atom stereocenters. The van der Waals surface area contributed by atoms with E-state index in [1.165, 1.54) is 12.1 Å². The average Bonchev–Trinajstić information content (AvgIpc) is 3.03. The summed E-state index contributed by atoms with van der Waals surface area (Å²) in [5, 5.41) is 11.8. The van der Waals surface area contributed by atoms with E-state index in [9.17, 15) is 23.1 Å². The molecule has 2 N–H and O–H groups in total. The molecule has 1 unspecified atom stereocenters. The molecule has 0 bridgehead atoms. The molecule has 132 valence electrons. The van der Waals surface area contributed by atoms with Crippen LogP contribution >= 0.6 is 0 Å². The SMILES string of the molecule is CCS(=O)(=O)c1ccc(CCC(=O)NC2(C(=O)O)CCOC2)cc1. The maximum Gasteiger partial charge on any atom is 0.331 e. The number of carboxylic acids is 1. The molecule has 0 spiro atoms. The molecule has 8 heteroatoms. The molecule has 1 aromatic carbocycles. The minimum Gasteiger partial charge on any atom is -0.479 e. The zero-order valence-corrected chi connectivity index (χ0v) is 14.3. The Morgan fingerprint density at radius 3 is 2.46 bits per heavy atom. The van der Waals surface area contributed by atoms with Crippen molar-refractivity contribution in [2.24, 2.45) is 0 Å². The summed E-state index contributed by atoms with van der Waals surface area (Å²) in [6, 6.07) is 6.38. The summed E-state index contributed by atoms with van der Waals surface area (Å²) in [5.41, 5.74) is -0.525. The van der Waals surface area contributed by atoms with Gasteiger partial charge in [0.05, 0.1) is 17.3 Å². The lowest BCUT2D eigenvalue weighted by Crippen LogP contribution is -2.55. The summed E-state index contributed by atoms with van der Waals surface area (Å²) in [6.07, 6.45) is 0.765. The standard InChI is InChI=1S/C16H21NO6S/c1-2-24(21,22)13-6-3-12(4-7-13)5-8-14(18)17-16(15(19)20)9-10-23-11-16/h3-4,6-7H,2,5,8-11H2,1H3,(H,17,18)(H,19,20).